The van der Waals surface area contributed by atoms with Crippen LogP contribution in [0.1, 0.15) is 24.2 Å². The highest BCUT2D eigenvalue weighted by atomic mass is 127. The maximum Gasteiger partial charge on any atom is 0.255 e. The zero-order valence-corrected chi connectivity index (χ0v) is 12.2. The van der Waals surface area contributed by atoms with Gasteiger partial charge in [0.25, 0.3) is 5.91 Å². The normalized spacial score (nSPS) is 10.4. The number of carbonyl (C=O) groups excluding carboxylic acids is 1. The van der Waals surface area contributed by atoms with E-state index in [1.807, 2.05) is 13.8 Å². The Hall–Kier alpha value is -0.490. The first-order valence-electron chi connectivity index (χ1n) is 4.79. The van der Waals surface area contributed by atoms with E-state index >= 15 is 0 Å². The van der Waals surface area contributed by atoms with E-state index in [1.165, 1.54) is 7.11 Å². The number of hydrogen-bond acceptors (Lipinski definition) is 2. The van der Waals surface area contributed by atoms with Gasteiger partial charge in [0.15, 0.2) is 0 Å². The first-order valence-corrected chi connectivity index (χ1v) is 6.25. The Labute approximate surface area is 114 Å². The van der Waals surface area contributed by atoms with Crippen LogP contribution in [0.3, 0.4) is 0 Å². The summed E-state index contributed by atoms with van der Waals surface area (Å²) in [6, 6.07) is 3.45. The van der Waals surface area contributed by atoms with Crippen molar-refractivity contribution in [1.82, 2.24) is 5.32 Å². The van der Waals surface area contributed by atoms with Crippen molar-refractivity contribution in [1.29, 1.82) is 0 Å². The van der Waals surface area contributed by atoms with E-state index in [-0.39, 0.29) is 11.9 Å². The van der Waals surface area contributed by atoms with Crippen molar-refractivity contribution in [2.24, 2.45) is 0 Å². The highest BCUT2D eigenvalue weighted by Gasteiger charge is 2.15. The molecule has 0 aliphatic carbocycles. The molecule has 0 saturated heterocycles. The molecule has 0 radical (unpaired) electrons. The Balaban J connectivity index is 3.11. The maximum absolute atomic E-state index is 11.8. The monoisotopic (exact) mass is 353 g/mol. The fourth-order valence-corrected chi connectivity index (χ4v) is 1.82. The van der Waals surface area contributed by atoms with E-state index < -0.39 is 0 Å². The van der Waals surface area contributed by atoms with Crippen molar-refractivity contribution in [3.63, 3.8) is 0 Å². The van der Waals surface area contributed by atoms with Gasteiger partial charge in [-0.2, -0.15) is 0 Å². The molecule has 16 heavy (non-hydrogen) atoms. The molecule has 0 aliphatic rings. The average Bonchev–Trinajstić information content (AvgIpc) is 2.20. The Morgan fingerprint density at radius 1 is 1.50 bits per heavy atom. The quantitative estimate of drug-likeness (QED) is 0.848. The molecular formula is C11H13ClINO2. The van der Waals surface area contributed by atoms with Crippen LogP contribution in [-0.4, -0.2) is 19.1 Å². The summed E-state index contributed by atoms with van der Waals surface area (Å²) in [7, 11) is 1.53. The fraction of sp³-hybridized carbons (Fsp3) is 0.364. The second-order valence-electron chi connectivity index (χ2n) is 3.59. The highest BCUT2D eigenvalue weighted by Crippen LogP contribution is 2.28. The van der Waals surface area contributed by atoms with Crippen molar-refractivity contribution in [2.75, 3.05) is 7.11 Å². The zero-order chi connectivity index (χ0) is 12.3. The molecule has 1 aromatic rings. The Bertz CT molecular complexity index is 407. The predicted octanol–water partition coefficient (Wildman–Crippen LogP) is 3.09. The Kier molecular flexibility index (Phi) is 4.86. The maximum atomic E-state index is 11.8. The Morgan fingerprint density at radius 2 is 2.12 bits per heavy atom. The van der Waals surface area contributed by atoms with Crippen LogP contribution in [0.4, 0.5) is 0 Å². The second kappa shape index (κ2) is 5.72. The topological polar surface area (TPSA) is 38.3 Å². The molecular weight excluding hydrogens is 340 g/mol. The molecule has 3 nitrogen and oxygen atoms in total. The molecule has 0 atom stereocenters. The summed E-state index contributed by atoms with van der Waals surface area (Å²) in [6.45, 7) is 3.80. The molecule has 1 aromatic carbocycles. The third-order valence-electron chi connectivity index (χ3n) is 1.91. The number of ether oxygens (including phenoxy) is 1. The highest BCUT2D eigenvalue weighted by molar-refractivity contribution is 14.1. The summed E-state index contributed by atoms with van der Waals surface area (Å²) in [5.41, 5.74) is 0.460. The lowest BCUT2D eigenvalue weighted by atomic mass is 10.2. The number of benzene rings is 1. The first-order chi connectivity index (χ1) is 7.45. The van der Waals surface area contributed by atoms with E-state index in [0.29, 0.717) is 16.3 Å². The molecule has 1 rings (SSSR count). The summed E-state index contributed by atoms with van der Waals surface area (Å²) >= 11 is 8.08. The minimum atomic E-state index is -0.176. The number of nitrogens with one attached hydrogen (secondary N) is 1. The minimum absolute atomic E-state index is 0.0789. The Morgan fingerprint density at radius 3 is 2.62 bits per heavy atom. The van der Waals surface area contributed by atoms with Crippen molar-refractivity contribution in [3.8, 4) is 5.75 Å². The molecule has 0 spiro atoms. The van der Waals surface area contributed by atoms with Gasteiger partial charge in [0.1, 0.15) is 5.75 Å². The van der Waals surface area contributed by atoms with Crippen LogP contribution in [0.25, 0.3) is 0 Å². The van der Waals surface area contributed by atoms with Crippen LogP contribution in [0.5, 0.6) is 5.75 Å². The SMILES string of the molecule is COc1cc(I)c(Cl)cc1C(=O)NC(C)C. The number of methoxy groups -OCH3 is 1. The number of hydrogen-bond donors (Lipinski definition) is 1. The summed E-state index contributed by atoms with van der Waals surface area (Å²) in [4.78, 5) is 11.8. The lowest BCUT2D eigenvalue weighted by Crippen LogP contribution is -2.30. The molecule has 0 bridgehead atoms. The van der Waals surface area contributed by atoms with E-state index in [4.69, 9.17) is 16.3 Å². The van der Waals surface area contributed by atoms with Crippen molar-refractivity contribution in [2.45, 2.75) is 19.9 Å². The van der Waals surface area contributed by atoms with Gasteiger partial charge in [0.05, 0.1) is 17.7 Å². The van der Waals surface area contributed by atoms with Crippen LogP contribution in [-0.2, 0) is 0 Å². The van der Waals surface area contributed by atoms with E-state index in [1.54, 1.807) is 12.1 Å². The first kappa shape index (κ1) is 13.6. The molecule has 1 amide bonds. The average molecular weight is 354 g/mol. The molecule has 0 aromatic heterocycles. The van der Waals surface area contributed by atoms with E-state index in [2.05, 4.69) is 27.9 Å². The van der Waals surface area contributed by atoms with Gasteiger partial charge < -0.3 is 10.1 Å². The molecule has 0 heterocycles. The largest absolute Gasteiger partial charge is 0.496 e. The van der Waals surface area contributed by atoms with Crippen LogP contribution in [0.15, 0.2) is 12.1 Å². The third kappa shape index (κ3) is 3.25. The lowest BCUT2D eigenvalue weighted by Gasteiger charge is -2.12. The van der Waals surface area contributed by atoms with Gasteiger partial charge in [0, 0.05) is 9.61 Å². The number of halogens is 2. The summed E-state index contributed by atoms with van der Waals surface area (Å²) < 4.78 is 6.02. The molecule has 0 fully saturated rings. The smallest absolute Gasteiger partial charge is 0.255 e. The van der Waals surface area contributed by atoms with Crippen LogP contribution >= 0.6 is 34.2 Å². The molecule has 0 saturated carbocycles. The van der Waals surface area contributed by atoms with Gasteiger partial charge >= 0.3 is 0 Å². The van der Waals surface area contributed by atoms with Crippen molar-refractivity contribution < 1.29 is 9.53 Å². The standard InChI is InChI=1S/C11H13ClINO2/c1-6(2)14-11(15)7-4-8(12)9(13)5-10(7)16-3/h4-6H,1-3H3,(H,14,15). The van der Waals surface area contributed by atoms with Gasteiger partial charge in [-0.3, -0.25) is 4.79 Å². The van der Waals surface area contributed by atoms with Gasteiger partial charge in [-0.15, -0.1) is 0 Å². The minimum Gasteiger partial charge on any atom is -0.496 e. The van der Waals surface area contributed by atoms with Gasteiger partial charge in [-0.05, 0) is 48.6 Å². The summed E-state index contributed by atoms with van der Waals surface area (Å²) in [5, 5.41) is 3.35. The van der Waals surface area contributed by atoms with Gasteiger partial charge in [-0.1, -0.05) is 11.6 Å². The molecule has 1 N–H and O–H groups in total. The van der Waals surface area contributed by atoms with Gasteiger partial charge in [0.2, 0.25) is 0 Å². The second-order valence-corrected chi connectivity index (χ2v) is 5.16. The summed E-state index contributed by atoms with van der Waals surface area (Å²) in [6.07, 6.45) is 0. The van der Waals surface area contributed by atoms with Crippen molar-refractivity contribution in [3.05, 3.63) is 26.3 Å². The number of rotatable bonds is 3. The zero-order valence-electron chi connectivity index (χ0n) is 9.30. The van der Waals surface area contributed by atoms with Crippen LogP contribution in [0.2, 0.25) is 5.02 Å². The number of amides is 1. The molecule has 5 heteroatoms. The molecule has 0 aliphatic heterocycles. The van der Waals surface area contributed by atoms with Crippen molar-refractivity contribution >= 4 is 40.1 Å². The fourth-order valence-electron chi connectivity index (χ4n) is 1.21. The lowest BCUT2D eigenvalue weighted by molar-refractivity contribution is 0.0940. The third-order valence-corrected chi connectivity index (χ3v) is 3.43. The summed E-state index contributed by atoms with van der Waals surface area (Å²) in [5.74, 6) is 0.358. The van der Waals surface area contributed by atoms with E-state index in [9.17, 15) is 4.79 Å². The predicted molar refractivity (Wildman–Crippen MR) is 73.3 cm³/mol. The van der Waals surface area contributed by atoms with Crippen LogP contribution in [0, 0.1) is 3.57 Å². The molecule has 0 unspecified atom stereocenters. The molecule has 88 valence electrons. The van der Waals surface area contributed by atoms with Gasteiger partial charge in [-0.25, -0.2) is 0 Å². The van der Waals surface area contributed by atoms with E-state index in [0.717, 1.165) is 3.57 Å². The van der Waals surface area contributed by atoms with Crippen LogP contribution < -0.4 is 10.1 Å². The number of carbonyl (C=O) groups is 1.